The molecule has 368 valence electrons. The zero-order valence-corrected chi connectivity index (χ0v) is 37.7. The van der Waals surface area contributed by atoms with Crippen LogP contribution in [-0.2, 0) is 41.8 Å². The Hall–Kier alpha value is -3.17. The molecule has 0 aliphatic heterocycles. The number of hydrogen-bond acceptors (Lipinski definition) is 15. The number of esters is 1. The summed E-state index contributed by atoms with van der Waals surface area (Å²) in [6.45, 7) is 2.19. The number of hydrogen-bond donors (Lipinski definition) is 8. The van der Waals surface area contributed by atoms with Gasteiger partial charge in [0.15, 0.2) is 0 Å². The van der Waals surface area contributed by atoms with Crippen LogP contribution < -0.4 is 0 Å². The average Bonchev–Trinajstić information content (AvgIpc) is 3.22. The molecule has 0 bridgehead atoms. The van der Waals surface area contributed by atoms with Crippen LogP contribution >= 0.6 is 27.4 Å². The van der Waals surface area contributed by atoms with Crippen molar-refractivity contribution in [2.75, 3.05) is 20.0 Å². The van der Waals surface area contributed by atoms with Gasteiger partial charge in [0.1, 0.15) is 49.5 Å². The van der Waals surface area contributed by atoms with Crippen LogP contribution in [0.3, 0.4) is 0 Å². The molecule has 0 aromatic rings. The summed E-state index contributed by atoms with van der Waals surface area (Å²) in [6, 6.07) is 0. The smallest absolute Gasteiger partial charge is 0.457 e. The molecule has 1 saturated carbocycles. The third kappa shape index (κ3) is 30.8. The molecule has 0 heterocycles. The maximum atomic E-state index is 12.5. The molecule has 0 saturated heterocycles. The SMILES string of the molecule is C#CC#CC#CC#CC#CC#CSC(=O)CCC.CCCCCCCCCCCCCCCC(=O)O[C@H](COCO)COP(=O)(O)OC1C(O)[C@H](OP(=O)(O)O)[C@H](O)C(O)[C@@H]1O.[HH].[HH].[HH].[HH].[HH].[HH].[HH].[HH].[HH].[HH].[HH]. The number of unbranched alkanes of at least 4 members (excludes halogenated alkanes) is 12. The number of aliphatic hydroxyl groups is 5. The standard InChI is InChI=1S/C26H52O16P2.C16H8OS.11H2/c1-2-3-4-5-6-7-8-9-10-11-12-13-14-15-20(28)40-19(16-38-18-27)17-39-44(36,37)42-26-23(31)21(29)22(30)25(24(26)32)41-43(33,34)35;1-3-5-6-7-8-9-10-11-12-13-15-18-16(17)14-4-2;;;;;;;;;;;/h19,21-27,29-32H,2-18H2,1H3,(H,36,37)(H2,33,34,35);1H,4,14H2,2H3;11*1H/t19-,21?,22-,23+,24?,25-,26?;;;;;;;;;;;;/m1............/s1. The summed E-state index contributed by atoms with van der Waals surface area (Å²) in [6.07, 6.45) is 6.49. The highest BCUT2D eigenvalue weighted by Gasteiger charge is 2.54. The Balaban J connectivity index is -0.000000111. The van der Waals surface area contributed by atoms with Crippen LogP contribution in [0.25, 0.3) is 0 Å². The number of ether oxygens (including phenoxy) is 2. The molecule has 17 nitrogen and oxygen atoms in total. The van der Waals surface area contributed by atoms with E-state index < -0.39 is 84.3 Å². The molecule has 0 aromatic heterocycles. The number of phosphoric acid groups is 2. The molecule has 0 amide bonds. The molecule has 4 unspecified atom stereocenters. The van der Waals surface area contributed by atoms with Crippen molar-refractivity contribution < 1.29 is 97.7 Å². The second kappa shape index (κ2) is 36.2. The van der Waals surface area contributed by atoms with Crippen LogP contribution in [-0.4, -0.2) is 114 Å². The van der Waals surface area contributed by atoms with Gasteiger partial charge in [-0.25, -0.2) is 9.13 Å². The lowest BCUT2D eigenvalue weighted by Gasteiger charge is -2.43. The van der Waals surface area contributed by atoms with Crippen molar-refractivity contribution in [3.63, 3.8) is 0 Å². The van der Waals surface area contributed by atoms with E-state index in [2.05, 4.69) is 75.9 Å². The van der Waals surface area contributed by atoms with Gasteiger partial charge < -0.3 is 49.7 Å². The highest BCUT2D eigenvalue weighted by atomic mass is 32.2. The summed E-state index contributed by atoms with van der Waals surface area (Å²) in [7, 11) is -10.5. The van der Waals surface area contributed by atoms with E-state index in [0.717, 1.165) is 43.9 Å². The van der Waals surface area contributed by atoms with E-state index in [1.165, 1.54) is 51.4 Å². The fraction of sp³-hybridized carbons (Fsp3) is 0.667. The largest absolute Gasteiger partial charge is 0.472 e. The van der Waals surface area contributed by atoms with E-state index in [9.17, 15) is 44.0 Å². The zero-order chi connectivity index (χ0) is 46.7. The number of thioether (sulfide) groups is 1. The van der Waals surface area contributed by atoms with Crippen molar-refractivity contribution in [1.29, 1.82) is 0 Å². The highest BCUT2D eigenvalue weighted by molar-refractivity contribution is 8.17. The number of aliphatic hydroxyl groups excluding tert-OH is 5. The molecule has 62 heavy (non-hydrogen) atoms. The third-order valence-electron chi connectivity index (χ3n) is 8.40. The highest BCUT2D eigenvalue weighted by Crippen LogP contribution is 2.49. The van der Waals surface area contributed by atoms with Crippen LogP contribution in [0.15, 0.2) is 0 Å². The van der Waals surface area contributed by atoms with Gasteiger partial charge >= 0.3 is 21.6 Å². The normalized spacial score (nSPS) is 20.3. The van der Waals surface area contributed by atoms with Crippen molar-refractivity contribution in [3.05, 3.63) is 0 Å². The summed E-state index contributed by atoms with van der Waals surface area (Å²) in [5.74, 6) is 23.5. The molecule has 20 heteroatoms. The van der Waals surface area contributed by atoms with Gasteiger partial charge in [-0.1, -0.05) is 90.9 Å². The van der Waals surface area contributed by atoms with Gasteiger partial charge in [0.05, 0.1) is 13.2 Å². The second-order valence-corrected chi connectivity index (χ2v) is 17.0. The summed E-state index contributed by atoms with van der Waals surface area (Å²) in [4.78, 5) is 51.5. The summed E-state index contributed by atoms with van der Waals surface area (Å²) in [5.41, 5.74) is 0. The van der Waals surface area contributed by atoms with Crippen LogP contribution in [0.2, 0.25) is 0 Å². The number of terminal acetylenes is 1. The van der Waals surface area contributed by atoms with Crippen molar-refractivity contribution >= 4 is 38.5 Å². The van der Waals surface area contributed by atoms with Crippen LogP contribution in [0, 0.1) is 70.9 Å². The van der Waals surface area contributed by atoms with Gasteiger partial charge in [0.2, 0.25) is 5.12 Å². The lowest BCUT2D eigenvalue weighted by atomic mass is 9.85. The molecule has 1 aliphatic rings. The Labute approximate surface area is 385 Å². The van der Waals surface area contributed by atoms with Crippen LogP contribution in [0.1, 0.15) is 132 Å². The van der Waals surface area contributed by atoms with Gasteiger partial charge in [0, 0.05) is 40.3 Å². The lowest BCUT2D eigenvalue weighted by Crippen LogP contribution is -2.64. The van der Waals surface area contributed by atoms with E-state index in [0.29, 0.717) is 12.8 Å². The molecular formula is C42H82O17P2S. The first-order chi connectivity index (χ1) is 29.5. The van der Waals surface area contributed by atoms with Crippen LogP contribution in [0.4, 0.5) is 0 Å². The van der Waals surface area contributed by atoms with E-state index in [1.807, 2.05) is 6.92 Å². The predicted octanol–water partition coefficient (Wildman–Crippen LogP) is 6.14. The molecule has 8 N–H and O–H groups in total. The minimum absolute atomic E-state index is 0. The Bertz CT molecular complexity index is 1820. The number of carbonyl (C=O) groups is 2. The van der Waals surface area contributed by atoms with Gasteiger partial charge in [-0.05, 0) is 77.3 Å². The maximum Gasteiger partial charge on any atom is 0.472 e. The second-order valence-electron chi connectivity index (χ2n) is 13.6. The topological polar surface area (TPSA) is 276 Å². The van der Waals surface area contributed by atoms with E-state index >= 15 is 0 Å². The Kier molecular flexibility index (Phi) is 34.3. The molecule has 1 aliphatic carbocycles. The van der Waals surface area contributed by atoms with Gasteiger partial charge in [-0.3, -0.25) is 23.2 Å². The molecule has 8 atom stereocenters. The predicted molar refractivity (Wildman–Crippen MR) is 253 cm³/mol. The maximum absolute atomic E-state index is 12.5. The number of carbonyl (C=O) groups excluding carboxylic acids is 2. The molecule has 1 fully saturated rings. The van der Waals surface area contributed by atoms with E-state index in [-0.39, 0.29) is 27.2 Å². The quantitative estimate of drug-likeness (QED) is 0.0151. The summed E-state index contributed by atoms with van der Waals surface area (Å²) >= 11 is 0.963. The summed E-state index contributed by atoms with van der Waals surface area (Å²) < 4.78 is 47.5. The third-order valence-corrected chi connectivity index (χ3v) is 10.5. The van der Waals surface area contributed by atoms with Crippen molar-refractivity contribution in [3.8, 4) is 70.9 Å². The first-order valence-corrected chi connectivity index (χ1v) is 24.0. The first-order valence-electron chi connectivity index (χ1n) is 20.2. The number of phosphoric ester groups is 2. The van der Waals surface area contributed by atoms with Gasteiger partial charge in [0.25, 0.3) is 0 Å². The Morgan fingerprint density at radius 2 is 1.13 bits per heavy atom. The monoisotopic (exact) mass is 952 g/mol. The molecule has 0 aromatic carbocycles. The van der Waals surface area contributed by atoms with Crippen molar-refractivity contribution in [2.45, 2.75) is 159 Å². The van der Waals surface area contributed by atoms with Crippen LogP contribution in [0.5, 0.6) is 0 Å². The van der Waals surface area contributed by atoms with Crippen molar-refractivity contribution in [1.82, 2.24) is 0 Å². The van der Waals surface area contributed by atoms with Gasteiger partial charge in [-0.15, -0.1) is 6.42 Å². The van der Waals surface area contributed by atoms with Crippen molar-refractivity contribution in [2.24, 2.45) is 0 Å². The average molecular weight is 953 g/mol. The summed E-state index contributed by atoms with van der Waals surface area (Å²) in [5, 5.41) is 51.9. The fourth-order valence-corrected chi connectivity index (χ4v) is 7.46. The minimum atomic E-state index is -5.32. The van der Waals surface area contributed by atoms with Gasteiger partial charge in [-0.2, -0.15) is 0 Å². The van der Waals surface area contributed by atoms with E-state index in [1.54, 1.807) is 0 Å². The fourth-order valence-electron chi connectivity index (χ4n) is 5.40. The first kappa shape index (κ1) is 58.8. The minimum Gasteiger partial charge on any atom is -0.457 e. The molecular weight excluding hydrogens is 870 g/mol. The lowest BCUT2D eigenvalue weighted by molar-refractivity contribution is -0.216. The Morgan fingerprint density at radius 3 is 1.61 bits per heavy atom. The molecule has 0 radical (unpaired) electrons. The molecule has 1 rings (SSSR count). The molecule has 0 spiro atoms. The number of rotatable bonds is 27. The Morgan fingerprint density at radius 1 is 0.645 bits per heavy atom. The van der Waals surface area contributed by atoms with E-state index in [4.69, 9.17) is 39.8 Å². The zero-order valence-electron chi connectivity index (χ0n) is 35.1.